The Morgan fingerprint density at radius 2 is 1.16 bits per heavy atom. The molecular formula is C17H21NO7. The van der Waals surface area contributed by atoms with Crippen LogP contribution < -0.4 is 0 Å². The van der Waals surface area contributed by atoms with E-state index >= 15 is 0 Å². The number of rotatable bonds is 10. The van der Waals surface area contributed by atoms with Crippen molar-refractivity contribution in [2.75, 3.05) is 26.4 Å². The maximum absolute atomic E-state index is 11.1. The highest BCUT2D eigenvalue weighted by Gasteiger charge is 2.35. The van der Waals surface area contributed by atoms with Crippen molar-refractivity contribution in [3.63, 3.8) is 0 Å². The van der Waals surface area contributed by atoms with E-state index in [2.05, 4.69) is 26.3 Å². The van der Waals surface area contributed by atoms with Gasteiger partial charge in [0, 0.05) is 24.3 Å². The Hall–Kier alpha value is -3.18. The van der Waals surface area contributed by atoms with Gasteiger partial charge in [-0.1, -0.05) is 26.3 Å². The van der Waals surface area contributed by atoms with Crippen LogP contribution in [0, 0.1) is 16.7 Å². The van der Waals surface area contributed by atoms with E-state index in [9.17, 15) is 19.5 Å². The number of aliphatic hydroxyl groups excluding tert-OH is 1. The molecule has 0 saturated heterocycles. The first-order chi connectivity index (χ1) is 11.8. The lowest BCUT2D eigenvalue weighted by Crippen LogP contribution is -2.42. The van der Waals surface area contributed by atoms with E-state index in [4.69, 9.17) is 19.5 Å². The van der Waals surface area contributed by atoms with Gasteiger partial charge in [-0.2, -0.15) is 5.26 Å². The number of carbonyl (C=O) groups excluding carboxylic acids is 3. The predicted octanol–water partition coefficient (Wildman–Crippen LogP) is 0.849. The molecule has 0 aliphatic rings. The molecule has 0 spiro atoms. The smallest absolute Gasteiger partial charge is 0.330 e. The summed E-state index contributed by atoms with van der Waals surface area (Å²) in [4.78, 5) is 33.3. The Labute approximate surface area is 146 Å². The van der Waals surface area contributed by atoms with Crippen molar-refractivity contribution in [3.8, 4) is 6.07 Å². The lowest BCUT2D eigenvalue weighted by molar-refractivity contribution is -0.159. The minimum atomic E-state index is -1.28. The molecule has 0 rings (SSSR count). The lowest BCUT2D eigenvalue weighted by Gasteiger charge is -2.29. The van der Waals surface area contributed by atoms with E-state index in [0.29, 0.717) is 0 Å². The first-order valence-electron chi connectivity index (χ1n) is 6.83. The molecule has 0 bridgehead atoms. The fourth-order valence-electron chi connectivity index (χ4n) is 1.11. The lowest BCUT2D eigenvalue weighted by atomic mass is 9.92. The molecule has 0 saturated carbocycles. The average molecular weight is 351 g/mol. The van der Waals surface area contributed by atoms with Crippen LogP contribution in [-0.2, 0) is 28.6 Å². The third-order valence-electron chi connectivity index (χ3n) is 2.49. The zero-order chi connectivity index (χ0) is 19.7. The highest BCUT2D eigenvalue weighted by atomic mass is 16.6. The SMILES string of the molecule is C=CC#N.C=CC(=O)OCC(CO)(COC(=O)C=C)COC(=O)C=C. The van der Waals surface area contributed by atoms with Crippen LogP contribution in [0.4, 0.5) is 0 Å². The highest BCUT2D eigenvalue weighted by molar-refractivity contribution is 5.82. The molecule has 0 aromatic carbocycles. The van der Waals surface area contributed by atoms with Gasteiger partial charge in [-0.25, -0.2) is 14.4 Å². The van der Waals surface area contributed by atoms with Crippen molar-refractivity contribution in [2.45, 2.75) is 0 Å². The molecule has 0 atom stereocenters. The van der Waals surface area contributed by atoms with Gasteiger partial charge < -0.3 is 19.3 Å². The summed E-state index contributed by atoms with van der Waals surface area (Å²) in [5.41, 5.74) is -1.28. The first kappa shape index (κ1) is 24.1. The van der Waals surface area contributed by atoms with E-state index in [-0.39, 0.29) is 19.8 Å². The van der Waals surface area contributed by atoms with Crippen LogP contribution in [0.1, 0.15) is 0 Å². The summed E-state index contributed by atoms with van der Waals surface area (Å²) in [6.45, 7) is 11.3. The number of hydrogen-bond acceptors (Lipinski definition) is 8. The highest BCUT2D eigenvalue weighted by Crippen LogP contribution is 2.19. The minimum absolute atomic E-state index is 0.330. The normalized spacial score (nSPS) is 9.12. The van der Waals surface area contributed by atoms with Crippen molar-refractivity contribution in [1.82, 2.24) is 0 Å². The van der Waals surface area contributed by atoms with E-state index in [1.54, 1.807) is 6.07 Å². The number of hydrogen-bond donors (Lipinski definition) is 1. The summed E-state index contributed by atoms with van der Waals surface area (Å²) in [5.74, 6) is -2.17. The van der Waals surface area contributed by atoms with Gasteiger partial charge in [-0.3, -0.25) is 0 Å². The number of ether oxygens (including phenoxy) is 3. The van der Waals surface area contributed by atoms with Crippen LogP contribution >= 0.6 is 0 Å². The molecule has 0 amide bonds. The molecule has 0 aromatic heterocycles. The van der Waals surface area contributed by atoms with Crippen LogP contribution in [-0.4, -0.2) is 49.4 Å². The average Bonchev–Trinajstić information content (AvgIpc) is 2.66. The van der Waals surface area contributed by atoms with Gasteiger partial charge in [-0.05, 0) is 0 Å². The molecule has 0 aliphatic heterocycles. The molecule has 25 heavy (non-hydrogen) atoms. The molecule has 8 nitrogen and oxygen atoms in total. The number of nitrogens with zero attached hydrogens (tertiary/aromatic N) is 1. The van der Waals surface area contributed by atoms with Crippen molar-refractivity contribution >= 4 is 17.9 Å². The zero-order valence-corrected chi connectivity index (χ0v) is 13.8. The van der Waals surface area contributed by atoms with Crippen molar-refractivity contribution in [2.24, 2.45) is 5.41 Å². The molecule has 0 heterocycles. The van der Waals surface area contributed by atoms with Gasteiger partial charge in [0.15, 0.2) is 0 Å². The van der Waals surface area contributed by atoms with Gasteiger partial charge in [0.1, 0.15) is 19.8 Å². The summed E-state index contributed by atoms with van der Waals surface area (Å²) >= 11 is 0. The van der Waals surface area contributed by atoms with Crippen LogP contribution in [0.5, 0.6) is 0 Å². The summed E-state index contributed by atoms with van der Waals surface area (Å²) in [6.07, 6.45) is 3.99. The van der Waals surface area contributed by atoms with Crippen LogP contribution in [0.15, 0.2) is 50.6 Å². The molecule has 0 unspecified atom stereocenters. The second-order valence-corrected chi connectivity index (χ2v) is 4.43. The Balaban J connectivity index is 0. The Kier molecular flexibility index (Phi) is 13.9. The standard InChI is InChI=1S/C14H18O7.C3H3N/c1-4-11(16)19-8-14(7-15,9-20-12(17)5-2)10-21-13(18)6-3;1-2-3-4/h4-6,15H,1-3,7-10H2;2H,1H2. The fraction of sp³-hybridized carbons (Fsp3) is 0.294. The third kappa shape index (κ3) is 12.0. The van der Waals surface area contributed by atoms with Gasteiger partial charge in [0.25, 0.3) is 0 Å². The van der Waals surface area contributed by atoms with Crippen molar-refractivity contribution < 1.29 is 33.7 Å². The second-order valence-electron chi connectivity index (χ2n) is 4.43. The van der Waals surface area contributed by atoms with Crippen molar-refractivity contribution in [3.05, 3.63) is 50.6 Å². The Morgan fingerprint density at radius 1 is 0.880 bits per heavy atom. The largest absolute Gasteiger partial charge is 0.462 e. The molecule has 1 N–H and O–H groups in total. The van der Waals surface area contributed by atoms with Crippen LogP contribution in [0.25, 0.3) is 0 Å². The summed E-state index contributed by atoms with van der Waals surface area (Å²) in [6, 6.07) is 1.69. The number of nitriles is 1. The Bertz CT molecular complexity index is 486. The minimum Gasteiger partial charge on any atom is -0.462 e. The molecule has 0 aromatic rings. The molecule has 136 valence electrons. The monoisotopic (exact) mass is 351 g/mol. The van der Waals surface area contributed by atoms with Gasteiger partial charge >= 0.3 is 17.9 Å². The molecule has 0 fully saturated rings. The molecule has 0 aliphatic carbocycles. The molecule has 0 radical (unpaired) electrons. The van der Waals surface area contributed by atoms with Gasteiger partial charge in [0.05, 0.1) is 18.1 Å². The number of allylic oxidation sites excluding steroid dienone is 1. The predicted molar refractivity (Wildman–Crippen MR) is 88.8 cm³/mol. The number of aliphatic hydroxyl groups is 1. The summed E-state index contributed by atoms with van der Waals surface area (Å²) < 4.78 is 14.5. The van der Waals surface area contributed by atoms with E-state index in [1.165, 1.54) is 6.08 Å². The van der Waals surface area contributed by atoms with Gasteiger partial charge in [0.2, 0.25) is 0 Å². The molecular weight excluding hydrogens is 330 g/mol. The number of carbonyl (C=O) groups is 3. The maximum Gasteiger partial charge on any atom is 0.330 e. The summed E-state index contributed by atoms with van der Waals surface area (Å²) in [5, 5.41) is 17.0. The Morgan fingerprint density at radius 3 is 1.32 bits per heavy atom. The zero-order valence-electron chi connectivity index (χ0n) is 13.8. The topological polar surface area (TPSA) is 123 Å². The van der Waals surface area contributed by atoms with Crippen LogP contribution in [0.2, 0.25) is 0 Å². The van der Waals surface area contributed by atoms with E-state index in [0.717, 1.165) is 18.2 Å². The molecule has 8 heteroatoms. The fourth-order valence-corrected chi connectivity index (χ4v) is 1.11. The van der Waals surface area contributed by atoms with Crippen molar-refractivity contribution in [1.29, 1.82) is 5.26 Å². The maximum atomic E-state index is 11.1. The quantitative estimate of drug-likeness (QED) is 0.266. The second kappa shape index (κ2) is 14.4. The van der Waals surface area contributed by atoms with E-state index in [1.807, 2.05) is 0 Å². The van der Waals surface area contributed by atoms with Gasteiger partial charge in [-0.15, -0.1) is 0 Å². The van der Waals surface area contributed by atoms with Crippen LogP contribution in [0.3, 0.4) is 0 Å². The number of esters is 3. The first-order valence-corrected chi connectivity index (χ1v) is 6.83. The third-order valence-corrected chi connectivity index (χ3v) is 2.49. The summed E-state index contributed by atoms with van der Waals surface area (Å²) in [7, 11) is 0. The van der Waals surface area contributed by atoms with E-state index < -0.39 is 29.9 Å².